The van der Waals surface area contributed by atoms with Crippen molar-refractivity contribution in [2.75, 3.05) is 13.2 Å². The highest BCUT2D eigenvalue weighted by Crippen LogP contribution is 2.19. The lowest BCUT2D eigenvalue weighted by atomic mass is 10.1. The van der Waals surface area contributed by atoms with Gasteiger partial charge in [0.2, 0.25) is 5.82 Å². The molecule has 1 aromatic rings. The van der Waals surface area contributed by atoms with Crippen LogP contribution < -0.4 is 5.32 Å². The van der Waals surface area contributed by atoms with Gasteiger partial charge < -0.3 is 15.5 Å². The van der Waals surface area contributed by atoms with Crippen molar-refractivity contribution in [3.8, 4) is 0 Å². The molecule has 0 radical (unpaired) electrons. The summed E-state index contributed by atoms with van der Waals surface area (Å²) in [4.78, 5) is 9.69. The molecule has 6 nitrogen and oxygen atoms in total. The molecule has 0 aliphatic heterocycles. The van der Waals surface area contributed by atoms with E-state index in [4.69, 9.17) is 10.2 Å². The molecule has 1 aromatic carbocycles. The zero-order valence-corrected chi connectivity index (χ0v) is 8.97. The van der Waals surface area contributed by atoms with E-state index in [1.165, 1.54) is 12.1 Å². The molecule has 94 valence electrons. The van der Waals surface area contributed by atoms with Gasteiger partial charge in [-0.05, 0) is 0 Å². The van der Waals surface area contributed by atoms with Crippen molar-refractivity contribution < 1.29 is 19.5 Å². The molecule has 0 spiro atoms. The Morgan fingerprint density at radius 1 is 1.41 bits per heavy atom. The van der Waals surface area contributed by atoms with Crippen LogP contribution in [0.3, 0.4) is 0 Å². The second-order valence-electron chi connectivity index (χ2n) is 3.45. The topological polar surface area (TPSA) is 95.6 Å². The van der Waals surface area contributed by atoms with E-state index in [0.29, 0.717) is 0 Å². The van der Waals surface area contributed by atoms with Gasteiger partial charge in [-0.2, -0.15) is 4.39 Å². The van der Waals surface area contributed by atoms with Crippen LogP contribution in [0.4, 0.5) is 10.1 Å². The number of benzene rings is 1. The molecule has 0 aliphatic rings. The first-order valence-corrected chi connectivity index (χ1v) is 4.97. The van der Waals surface area contributed by atoms with Crippen LogP contribution in [0, 0.1) is 15.9 Å². The highest BCUT2D eigenvalue weighted by atomic mass is 19.1. The fourth-order valence-corrected chi connectivity index (χ4v) is 1.28. The van der Waals surface area contributed by atoms with Crippen molar-refractivity contribution in [3.05, 3.63) is 39.7 Å². The molecule has 17 heavy (non-hydrogen) atoms. The number of nitro benzene ring substituents is 1. The Balaban J connectivity index is 2.78. The van der Waals surface area contributed by atoms with Gasteiger partial charge in [-0.25, -0.2) is 0 Å². The number of nitrogens with one attached hydrogen (secondary N) is 1. The molecule has 0 heterocycles. The molecular formula is C10H13FN2O4. The molecule has 0 bridgehead atoms. The zero-order valence-electron chi connectivity index (χ0n) is 8.97. The third-order valence-electron chi connectivity index (χ3n) is 2.28. The van der Waals surface area contributed by atoms with Crippen LogP contribution in [-0.4, -0.2) is 34.4 Å². The second kappa shape index (κ2) is 6.24. The Labute approximate surface area is 96.8 Å². The summed E-state index contributed by atoms with van der Waals surface area (Å²) in [5.41, 5.74) is -0.472. The number of nitro groups is 1. The molecule has 1 rings (SSSR count). The number of aliphatic hydroxyl groups excluding tert-OH is 2. The van der Waals surface area contributed by atoms with Gasteiger partial charge in [0.25, 0.3) is 0 Å². The number of aliphatic hydroxyl groups is 2. The van der Waals surface area contributed by atoms with E-state index in [1.54, 1.807) is 0 Å². The van der Waals surface area contributed by atoms with E-state index in [0.717, 1.165) is 6.07 Å². The first kappa shape index (κ1) is 13.5. The van der Waals surface area contributed by atoms with E-state index >= 15 is 0 Å². The Morgan fingerprint density at radius 2 is 2.06 bits per heavy atom. The van der Waals surface area contributed by atoms with Crippen LogP contribution in [0.5, 0.6) is 0 Å². The van der Waals surface area contributed by atoms with Crippen LogP contribution in [0.15, 0.2) is 18.2 Å². The van der Waals surface area contributed by atoms with Gasteiger partial charge in [0.1, 0.15) is 0 Å². The van der Waals surface area contributed by atoms with Gasteiger partial charge in [-0.15, -0.1) is 0 Å². The fraction of sp³-hybridized carbons (Fsp3) is 0.400. The van der Waals surface area contributed by atoms with Crippen LogP contribution in [0.1, 0.15) is 5.56 Å². The average Bonchev–Trinajstić information content (AvgIpc) is 2.32. The average molecular weight is 244 g/mol. The van der Waals surface area contributed by atoms with E-state index in [1.807, 2.05) is 0 Å². The molecule has 3 N–H and O–H groups in total. The van der Waals surface area contributed by atoms with Crippen molar-refractivity contribution >= 4 is 5.69 Å². The highest BCUT2D eigenvalue weighted by molar-refractivity contribution is 5.36. The van der Waals surface area contributed by atoms with E-state index in [9.17, 15) is 14.5 Å². The largest absolute Gasteiger partial charge is 0.395 e. The summed E-state index contributed by atoms with van der Waals surface area (Å²) in [5, 5.41) is 30.8. The highest BCUT2D eigenvalue weighted by Gasteiger charge is 2.17. The first-order valence-electron chi connectivity index (χ1n) is 4.97. The Bertz CT molecular complexity index is 396. The standard InChI is InChI=1S/C10H13FN2O4/c11-10-7(4-12-8(5-14)6-15)2-1-3-9(10)13(16)17/h1-3,8,12,14-15H,4-6H2. The predicted octanol–water partition coefficient (Wildman–Crippen LogP) is 0.177. The number of halogens is 1. The molecule has 0 fully saturated rings. The Kier molecular flexibility index (Phi) is 4.95. The molecule has 0 aliphatic carbocycles. The maximum atomic E-state index is 13.6. The van der Waals surface area contributed by atoms with Crippen molar-refractivity contribution in [3.63, 3.8) is 0 Å². The maximum Gasteiger partial charge on any atom is 0.305 e. The molecule has 0 saturated carbocycles. The van der Waals surface area contributed by atoms with Crippen molar-refractivity contribution in [1.29, 1.82) is 0 Å². The van der Waals surface area contributed by atoms with E-state index in [2.05, 4.69) is 5.32 Å². The lowest BCUT2D eigenvalue weighted by Gasteiger charge is -2.13. The van der Waals surface area contributed by atoms with E-state index in [-0.39, 0.29) is 25.3 Å². The van der Waals surface area contributed by atoms with Crippen LogP contribution in [-0.2, 0) is 6.54 Å². The number of hydrogen-bond acceptors (Lipinski definition) is 5. The lowest BCUT2D eigenvalue weighted by Crippen LogP contribution is -2.35. The van der Waals surface area contributed by atoms with Crippen LogP contribution >= 0.6 is 0 Å². The minimum Gasteiger partial charge on any atom is -0.395 e. The summed E-state index contributed by atoms with van der Waals surface area (Å²) in [7, 11) is 0. The molecule has 0 saturated heterocycles. The third-order valence-corrected chi connectivity index (χ3v) is 2.28. The first-order chi connectivity index (χ1) is 8.10. The summed E-state index contributed by atoms with van der Waals surface area (Å²) in [6.07, 6.45) is 0. The van der Waals surface area contributed by atoms with Gasteiger partial charge in [0, 0.05) is 18.2 Å². The number of hydrogen-bond donors (Lipinski definition) is 3. The van der Waals surface area contributed by atoms with Gasteiger partial charge in [-0.3, -0.25) is 10.1 Å². The van der Waals surface area contributed by atoms with E-state index < -0.39 is 22.5 Å². The van der Waals surface area contributed by atoms with Gasteiger partial charge in [0.05, 0.1) is 24.2 Å². The lowest BCUT2D eigenvalue weighted by molar-refractivity contribution is -0.387. The minimum atomic E-state index is -0.903. The molecule has 0 unspecified atom stereocenters. The maximum absolute atomic E-state index is 13.6. The normalized spacial score (nSPS) is 10.8. The minimum absolute atomic E-state index is 0.000694. The van der Waals surface area contributed by atoms with Gasteiger partial charge in [-0.1, -0.05) is 12.1 Å². The van der Waals surface area contributed by atoms with Crippen LogP contribution in [0.25, 0.3) is 0 Å². The van der Waals surface area contributed by atoms with Crippen LogP contribution in [0.2, 0.25) is 0 Å². The summed E-state index contributed by atoms with van der Waals surface area (Å²) in [6, 6.07) is 3.29. The molecule has 0 amide bonds. The monoisotopic (exact) mass is 244 g/mol. The smallest absolute Gasteiger partial charge is 0.305 e. The molecule has 0 aromatic heterocycles. The molecule has 0 atom stereocenters. The van der Waals surface area contributed by atoms with Crippen molar-refractivity contribution in [1.82, 2.24) is 5.32 Å². The zero-order chi connectivity index (χ0) is 12.8. The van der Waals surface area contributed by atoms with Crippen molar-refractivity contribution in [2.45, 2.75) is 12.6 Å². The summed E-state index contributed by atoms with van der Waals surface area (Å²) >= 11 is 0. The Hall–Kier alpha value is -1.57. The molecule has 7 heteroatoms. The Morgan fingerprint density at radius 3 is 2.59 bits per heavy atom. The summed E-state index contributed by atoms with van der Waals surface area (Å²) in [5.74, 6) is -0.903. The molecular weight excluding hydrogens is 231 g/mol. The van der Waals surface area contributed by atoms with Gasteiger partial charge in [0.15, 0.2) is 0 Å². The fourth-order valence-electron chi connectivity index (χ4n) is 1.28. The second-order valence-corrected chi connectivity index (χ2v) is 3.45. The quantitative estimate of drug-likeness (QED) is 0.490. The summed E-state index contributed by atoms with van der Waals surface area (Å²) < 4.78 is 13.6. The third kappa shape index (κ3) is 3.45. The number of nitrogens with zero attached hydrogens (tertiary/aromatic N) is 1. The SMILES string of the molecule is O=[N+]([O-])c1cccc(CNC(CO)CO)c1F. The predicted molar refractivity (Wildman–Crippen MR) is 57.9 cm³/mol. The number of rotatable bonds is 6. The van der Waals surface area contributed by atoms with Gasteiger partial charge >= 0.3 is 5.69 Å². The van der Waals surface area contributed by atoms with Crippen molar-refractivity contribution in [2.24, 2.45) is 0 Å². The summed E-state index contributed by atoms with van der Waals surface area (Å²) in [6.45, 7) is -0.598.